The van der Waals surface area contributed by atoms with Gasteiger partial charge in [-0.25, -0.2) is 27.2 Å². The zero-order chi connectivity index (χ0) is 28.9. The average Bonchev–Trinajstić information content (AvgIpc) is 2.97. The van der Waals surface area contributed by atoms with E-state index in [0.717, 1.165) is 11.6 Å². The Morgan fingerprint density at radius 3 is 2.35 bits per heavy atom. The lowest BCUT2D eigenvalue weighted by Gasteiger charge is -2.13. The van der Waals surface area contributed by atoms with Crippen LogP contribution < -0.4 is 15.0 Å². The molecule has 12 heteroatoms. The second kappa shape index (κ2) is 12.6. The molecule has 0 saturated heterocycles. The standard InChI is InChI=1S/C28H26ClF2N3O5S/c1-38-24-10-8-18(14-25(24)39-2)16-34-17-20(9-11-26(34)35)22-15-23(27(30)31)33-28(32-22)40(36,37)13-12-21(29)19-6-4-3-5-7-19/h3-11,14-15,17,21,27H,12-13,16H2,1-2H3. The van der Waals surface area contributed by atoms with Gasteiger partial charge in [-0.15, -0.1) is 11.6 Å². The lowest BCUT2D eigenvalue weighted by Crippen LogP contribution is -2.19. The van der Waals surface area contributed by atoms with Crippen LogP contribution in [0, 0.1) is 0 Å². The summed E-state index contributed by atoms with van der Waals surface area (Å²) >= 11 is 6.37. The first-order valence-electron chi connectivity index (χ1n) is 12.1. The van der Waals surface area contributed by atoms with Crippen molar-refractivity contribution in [2.45, 2.75) is 29.9 Å². The highest BCUT2D eigenvalue weighted by molar-refractivity contribution is 7.91. The van der Waals surface area contributed by atoms with Crippen LogP contribution in [0.2, 0.25) is 0 Å². The topological polar surface area (TPSA) is 100 Å². The van der Waals surface area contributed by atoms with Gasteiger partial charge in [-0.2, -0.15) is 0 Å². The number of pyridine rings is 1. The molecule has 0 spiro atoms. The number of alkyl halides is 3. The number of benzene rings is 2. The third kappa shape index (κ3) is 6.83. The number of halogens is 3. The molecule has 1 unspecified atom stereocenters. The molecule has 40 heavy (non-hydrogen) atoms. The SMILES string of the molecule is COc1ccc(Cn2cc(-c3cc(C(F)F)nc(S(=O)(=O)CCC(Cl)c4ccccc4)n3)ccc2=O)cc1OC. The van der Waals surface area contributed by atoms with E-state index in [2.05, 4.69) is 9.97 Å². The summed E-state index contributed by atoms with van der Waals surface area (Å²) in [6, 6.07) is 17.7. The molecule has 0 aliphatic heterocycles. The predicted octanol–water partition coefficient (Wildman–Crippen LogP) is 5.45. The van der Waals surface area contributed by atoms with E-state index in [4.69, 9.17) is 21.1 Å². The maximum absolute atomic E-state index is 13.7. The van der Waals surface area contributed by atoms with Crippen molar-refractivity contribution in [1.29, 1.82) is 0 Å². The Morgan fingerprint density at radius 2 is 1.68 bits per heavy atom. The number of hydrogen-bond acceptors (Lipinski definition) is 7. The zero-order valence-electron chi connectivity index (χ0n) is 21.6. The fourth-order valence-electron chi connectivity index (χ4n) is 4.00. The normalized spacial score (nSPS) is 12.3. The van der Waals surface area contributed by atoms with Gasteiger partial charge in [0.05, 0.1) is 37.6 Å². The molecule has 2 heterocycles. The van der Waals surface area contributed by atoms with Gasteiger partial charge in [0.25, 0.3) is 12.0 Å². The summed E-state index contributed by atoms with van der Waals surface area (Å²) in [7, 11) is -1.17. The number of hydrogen-bond donors (Lipinski definition) is 0. The summed E-state index contributed by atoms with van der Waals surface area (Å²) in [6.07, 6.45) is -1.59. The van der Waals surface area contributed by atoms with E-state index >= 15 is 0 Å². The molecule has 0 N–H and O–H groups in total. The fraction of sp³-hybridized carbons (Fsp3) is 0.250. The predicted molar refractivity (Wildman–Crippen MR) is 147 cm³/mol. The minimum Gasteiger partial charge on any atom is -0.493 e. The Labute approximate surface area is 235 Å². The van der Waals surface area contributed by atoms with Crippen molar-refractivity contribution in [2.24, 2.45) is 0 Å². The summed E-state index contributed by atoms with van der Waals surface area (Å²) in [5, 5.41) is -1.33. The number of ether oxygens (including phenoxy) is 2. The van der Waals surface area contributed by atoms with Gasteiger partial charge in [0.15, 0.2) is 11.5 Å². The molecular formula is C28H26ClF2N3O5S. The zero-order valence-corrected chi connectivity index (χ0v) is 23.2. The monoisotopic (exact) mass is 589 g/mol. The molecule has 0 amide bonds. The van der Waals surface area contributed by atoms with Crippen LogP contribution in [0.15, 0.2) is 82.9 Å². The molecule has 0 bridgehead atoms. The van der Waals surface area contributed by atoms with Crippen LogP contribution >= 0.6 is 11.6 Å². The second-order valence-corrected chi connectivity index (χ2v) is 11.4. The van der Waals surface area contributed by atoms with E-state index in [1.807, 2.05) is 6.07 Å². The van der Waals surface area contributed by atoms with Crippen LogP contribution in [0.25, 0.3) is 11.3 Å². The molecule has 2 aromatic carbocycles. The van der Waals surface area contributed by atoms with Gasteiger partial charge >= 0.3 is 0 Å². The molecule has 0 radical (unpaired) electrons. The summed E-state index contributed by atoms with van der Waals surface area (Å²) < 4.78 is 65.6. The molecule has 0 aliphatic carbocycles. The first kappa shape index (κ1) is 29.2. The highest BCUT2D eigenvalue weighted by Gasteiger charge is 2.24. The van der Waals surface area contributed by atoms with Crippen molar-refractivity contribution < 1.29 is 26.7 Å². The Morgan fingerprint density at radius 1 is 0.950 bits per heavy atom. The van der Waals surface area contributed by atoms with E-state index in [1.54, 1.807) is 42.5 Å². The molecule has 210 valence electrons. The Hall–Kier alpha value is -3.83. The molecule has 2 aromatic heterocycles. The Balaban J connectivity index is 1.65. The lowest BCUT2D eigenvalue weighted by atomic mass is 10.1. The van der Waals surface area contributed by atoms with Crippen LogP contribution in [-0.4, -0.2) is 42.9 Å². The number of nitrogens with zero attached hydrogens (tertiary/aromatic N) is 3. The van der Waals surface area contributed by atoms with Gasteiger partial charge in [-0.1, -0.05) is 36.4 Å². The second-order valence-electron chi connectivity index (χ2n) is 8.82. The molecule has 0 fully saturated rings. The number of rotatable bonds is 11. The van der Waals surface area contributed by atoms with Crippen molar-refractivity contribution in [3.8, 4) is 22.8 Å². The van der Waals surface area contributed by atoms with E-state index in [9.17, 15) is 22.0 Å². The summed E-state index contributed by atoms with van der Waals surface area (Å²) in [4.78, 5) is 20.3. The summed E-state index contributed by atoms with van der Waals surface area (Å²) in [6.45, 7) is 0.127. The van der Waals surface area contributed by atoms with E-state index in [0.29, 0.717) is 17.1 Å². The van der Waals surface area contributed by atoms with Gasteiger partial charge < -0.3 is 14.0 Å². The van der Waals surface area contributed by atoms with Crippen LogP contribution in [-0.2, 0) is 16.4 Å². The van der Waals surface area contributed by atoms with Crippen molar-refractivity contribution in [1.82, 2.24) is 14.5 Å². The van der Waals surface area contributed by atoms with Gasteiger partial charge in [-0.3, -0.25) is 4.79 Å². The third-order valence-corrected chi connectivity index (χ3v) is 8.09. The maximum atomic E-state index is 13.7. The Kier molecular flexibility index (Phi) is 9.16. The number of sulfone groups is 1. The van der Waals surface area contributed by atoms with Crippen LogP contribution in [0.3, 0.4) is 0 Å². The highest BCUT2D eigenvalue weighted by Crippen LogP contribution is 2.29. The van der Waals surface area contributed by atoms with Crippen LogP contribution in [0.5, 0.6) is 11.5 Å². The minimum atomic E-state index is -4.17. The van der Waals surface area contributed by atoms with Crippen molar-refractivity contribution >= 4 is 21.4 Å². The maximum Gasteiger partial charge on any atom is 0.280 e. The van der Waals surface area contributed by atoms with E-state index in [1.165, 1.54) is 37.1 Å². The van der Waals surface area contributed by atoms with E-state index < -0.39 is 38.2 Å². The first-order valence-corrected chi connectivity index (χ1v) is 14.2. The third-order valence-electron chi connectivity index (χ3n) is 6.11. The molecular weight excluding hydrogens is 564 g/mol. The quantitative estimate of drug-likeness (QED) is 0.169. The van der Waals surface area contributed by atoms with Gasteiger partial charge in [-0.05, 0) is 41.8 Å². The molecule has 0 aliphatic rings. The summed E-state index contributed by atoms with van der Waals surface area (Å²) in [5.41, 5.74) is 0.551. The fourth-order valence-corrected chi connectivity index (χ4v) is 5.60. The number of methoxy groups -OCH3 is 2. The first-order chi connectivity index (χ1) is 19.1. The van der Waals surface area contributed by atoms with Gasteiger partial charge in [0, 0.05) is 17.8 Å². The Bertz CT molecular complexity index is 1650. The molecule has 0 saturated carbocycles. The van der Waals surface area contributed by atoms with Crippen LogP contribution in [0.4, 0.5) is 8.78 Å². The average molecular weight is 590 g/mol. The van der Waals surface area contributed by atoms with Crippen LogP contribution in [0.1, 0.15) is 35.0 Å². The number of aromatic nitrogens is 3. The van der Waals surface area contributed by atoms with Gasteiger partial charge in [0.1, 0.15) is 5.69 Å². The molecule has 4 aromatic rings. The van der Waals surface area contributed by atoms with Crippen molar-refractivity contribution in [2.75, 3.05) is 20.0 Å². The largest absolute Gasteiger partial charge is 0.493 e. The smallest absolute Gasteiger partial charge is 0.280 e. The minimum absolute atomic E-state index is 0.0295. The van der Waals surface area contributed by atoms with Gasteiger partial charge in [0.2, 0.25) is 15.0 Å². The van der Waals surface area contributed by atoms with Crippen molar-refractivity contribution in [3.05, 3.63) is 100 Å². The molecule has 8 nitrogen and oxygen atoms in total. The highest BCUT2D eigenvalue weighted by atomic mass is 35.5. The molecule has 4 rings (SSSR count). The van der Waals surface area contributed by atoms with Crippen molar-refractivity contribution in [3.63, 3.8) is 0 Å². The molecule has 1 atom stereocenters. The van der Waals surface area contributed by atoms with E-state index in [-0.39, 0.29) is 29.8 Å². The lowest BCUT2D eigenvalue weighted by molar-refractivity contribution is 0.145. The summed E-state index contributed by atoms with van der Waals surface area (Å²) in [5.74, 6) is 0.551.